The Morgan fingerprint density at radius 1 is 0.926 bits per heavy atom. The van der Waals surface area contributed by atoms with Crippen LogP contribution in [0.1, 0.15) is 83.1 Å². The molecule has 0 aromatic heterocycles. The lowest BCUT2D eigenvalue weighted by molar-refractivity contribution is -0.105. The Bertz CT molecular complexity index is 583. The molecule has 2 N–H and O–H groups in total. The summed E-state index contributed by atoms with van der Waals surface area (Å²) in [5.41, 5.74) is 5.96. The van der Waals surface area contributed by atoms with Gasteiger partial charge in [0, 0.05) is 27.8 Å². The number of hydrogen-bond acceptors (Lipinski definition) is 4. The zero-order valence-electron chi connectivity index (χ0n) is 19.7. The second-order valence-corrected chi connectivity index (χ2v) is 11.3. The molecule has 0 radical (unpaired) electrons. The van der Waals surface area contributed by atoms with Gasteiger partial charge in [0.15, 0.2) is 0 Å². The summed E-state index contributed by atoms with van der Waals surface area (Å²) in [6.45, 7) is 26.0. The summed E-state index contributed by atoms with van der Waals surface area (Å²) >= 11 is 0. The van der Waals surface area contributed by atoms with Gasteiger partial charge in [-0.2, -0.15) is 0 Å². The van der Waals surface area contributed by atoms with Crippen molar-refractivity contribution in [1.29, 1.82) is 0 Å². The molecule has 1 aliphatic rings. The summed E-state index contributed by atoms with van der Waals surface area (Å²) in [6.07, 6.45) is 3.07. The van der Waals surface area contributed by atoms with E-state index in [1.54, 1.807) is 0 Å². The second-order valence-electron chi connectivity index (χ2n) is 11.3. The van der Waals surface area contributed by atoms with Crippen molar-refractivity contribution in [3.8, 4) is 0 Å². The monoisotopic (exact) mass is 378 g/mol. The van der Waals surface area contributed by atoms with Crippen LogP contribution in [0, 0.1) is 21.7 Å². The Morgan fingerprint density at radius 3 is 1.59 bits per heavy atom. The molecule has 0 aromatic rings. The molecule has 1 heterocycles. The van der Waals surface area contributed by atoms with Crippen molar-refractivity contribution in [1.82, 2.24) is 5.48 Å². The number of carbonyl (C=O) groups is 1. The molecule has 0 amide bonds. The quantitative estimate of drug-likeness (QED) is 0.353. The van der Waals surface area contributed by atoms with Gasteiger partial charge in [-0.1, -0.05) is 89.2 Å². The molecule has 4 nitrogen and oxygen atoms in total. The third kappa shape index (κ3) is 7.61. The first-order chi connectivity index (χ1) is 11.9. The number of carbonyl (C=O) groups excluding carboxylic acids is 1. The molecule has 1 aliphatic heterocycles. The Balaban J connectivity index is 0.000000501. The molecule has 0 aliphatic carbocycles. The number of nitrogens with zero attached hydrogens (tertiary/aromatic N) is 1. The van der Waals surface area contributed by atoms with Crippen LogP contribution in [-0.2, 0) is 4.79 Å². The summed E-state index contributed by atoms with van der Waals surface area (Å²) in [5, 5.41) is 9.06. The van der Waals surface area contributed by atoms with Crippen LogP contribution < -0.4 is 5.48 Å². The van der Waals surface area contributed by atoms with E-state index in [1.807, 2.05) is 41.5 Å². The predicted molar refractivity (Wildman–Crippen MR) is 116 cm³/mol. The van der Waals surface area contributed by atoms with Crippen molar-refractivity contribution in [2.45, 2.75) is 83.1 Å². The second kappa shape index (κ2) is 8.72. The average molecular weight is 379 g/mol. The van der Waals surface area contributed by atoms with E-state index in [1.165, 1.54) is 11.3 Å². The molecule has 4 heteroatoms. The van der Waals surface area contributed by atoms with Crippen molar-refractivity contribution >= 4 is 12.0 Å². The third-order valence-electron chi connectivity index (χ3n) is 4.38. The van der Waals surface area contributed by atoms with E-state index in [0.717, 1.165) is 12.8 Å². The lowest BCUT2D eigenvalue weighted by Crippen LogP contribution is -2.28. The van der Waals surface area contributed by atoms with Crippen LogP contribution in [0.15, 0.2) is 27.9 Å². The van der Waals surface area contributed by atoms with Gasteiger partial charge in [-0.25, -0.2) is 0 Å². The fourth-order valence-electron chi connectivity index (χ4n) is 2.96. The molecule has 156 valence electrons. The van der Waals surface area contributed by atoms with Crippen LogP contribution in [-0.4, -0.2) is 23.7 Å². The zero-order valence-corrected chi connectivity index (χ0v) is 19.7. The number of aldehydes is 1. The predicted octanol–water partition coefficient (Wildman–Crippen LogP) is 5.97. The van der Waals surface area contributed by atoms with Crippen LogP contribution in [0.2, 0.25) is 0 Å². The fourth-order valence-corrected chi connectivity index (χ4v) is 2.96. The van der Waals surface area contributed by atoms with Crippen LogP contribution in [0.4, 0.5) is 0 Å². The van der Waals surface area contributed by atoms with Crippen LogP contribution in [0.25, 0.3) is 0 Å². The number of hydroxylamine groups is 1. The van der Waals surface area contributed by atoms with E-state index >= 15 is 0 Å². The van der Waals surface area contributed by atoms with Crippen molar-refractivity contribution < 1.29 is 10.0 Å². The Labute approximate surface area is 167 Å². The van der Waals surface area contributed by atoms with E-state index < -0.39 is 0 Å². The van der Waals surface area contributed by atoms with Gasteiger partial charge in [-0.05, 0) is 16.4 Å². The SMILES string of the molecule is CC(C)(C)C(C=O)=C(NO)C(C)(C)C.CC(C)(C)C1=CCN=C1C(C)(C)C. The molecule has 0 bridgehead atoms. The van der Waals surface area contributed by atoms with Crippen LogP contribution in [0.5, 0.6) is 0 Å². The number of nitrogens with one attached hydrogen (secondary N) is 1. The molecular formula is C23H42N2O2. The normalized spacial score (nSPS) is 16.6. The maximum atomic E-state index is 11.0. The van der Waals surface area contributed by atoms with Crippen molar-refractivity contribution in [3.05, 3.63) is 22.9 Å². The van der Waals surface area contributed by atoms with Gasteiger partial charge in [0.25, 0.3) is 0 Å². The van der Waals surface area contributed by atoms with E-state index in [-0.39, 0.29) is 21.7 Å². The van der Waals surface area contributed by atoms with Gasteiger partial charge in [0.2, 0.25) is 0 Å². The first-order valence-electron chi connectivity index (χ1n) is 9.73. The zero-order chi connectivity index (χ0) is 21.8. The minimum atomic E-state index is -0.266. The van der Waals surface area contributed by atoms with Gasteiger partial charge in [0.1, 0.15) is 6.29 Å². The van der Waals surface area contributed by atoms with Crippen molar-refractivity contribution in [2.24, 2.45) is 26.7 Å². The highest BCUT2D eigenvalue weighted by atomic mass is 16.5. The smallest absolute Gasteiger partial charge is 0.148 e. The Morgan fingerprint density at radius 2 is 1.41 bits per heavy atom. The standard InChI is InChI=1S/C12H21N.C11H21NO2/c1-11(2,3)9-7-8-13-10(9)12(4,5)6;1-10(2,3)8(7-13)9(12-14)11(4,5)6/h7H,8H2,1-6H3;7,12,14H,1-6H3. The lowest BCUT2D eigenvalue weighted by atomic mass is 9.76. The maximum absolute atomic E-state index is 11.0. The van der Waals surface area contributed by atoms with Gasteiger partial charge < -0.3 is 0 Å². The molecule has 0 atom stereocenters. The maximum Gasteiger partial charge on any atom is 0.148 e. The van der Waals surface area contributed by atoms with E-state index in [2.05, 4.69) is 58.1 Å². The summed E-state index contributed by atoms with van der Waals surface area (Å²) in [6, 6.07) is 0. The number of allylic oxidation sites excluding steroid dienone is 3. The van der Waals surface area contributed by atoms with Gasteiger partial charge in [-0.3, -0.25) is 20.5 Å². The number of aliphatic imine (C=N–C) groups is 1. The van der Waals surface area contributed by atoms with Crippen molar-refractivity contribution in [2.75, 3.05) is 6.54 Å². The number of hydrogen-bond donors (Lipinski definition) is 2. The summed E-state index contributed by atoms with van der Waals surface area (Å²) in [5.74, 6) is 0. The largest absolute Gasteiger partial charge is 0.298 e. The van der Waals surface area contributed by atoms with Gasteiger partial charge in [-0.15, -0.1) is 0 Å². The fraction of sp³-hybridized carbons (Fsp3) is 0.739. The summed E-state index contributed by atoms with van der Waals surface area (Å²) in [4.78, 5) is 15.6. The highest BCUT2D eigenvalue weighted by Gasteiger charge is 2.31. The Kier molecular flexibility index (Phi) is 8.27. The third-order valence-corrected chi connectivity index (χ3v) is 4.38. The lowest BCUT2D eigenvalue weighted by Gasteiger charge is -2.29. The minimum Gasteiger partial charge on any atom is -0.298 e. The summed E-state index contributed by atoms with van der Waals surface area (Å²) < 4.78 is 0. The topological polar surface area (TPSA) is 61.7 Å². The highest BCUT2D eigenvalue weighted by Crippen LogP contribution is 2.35. The molecule has 0 aromatic carbocycles. The molecule has 0 spiro atoms. The summed E-state index contributed by atoms with van der Waals surface area (Å²) in [7, 11) is 0. The molecule has 0 saturated heterocycles. The molecule has 0 unspecified atom stereocenters. The van der Waals surface area contributed by atoms with Crippen LogP contribution >= 0.6 is 0 Å². The van der Waals surface area contributed by atoms with E-state index in [4.69, 9.17) is 5.21 Å². The minimum absolute atomic E-state index is 0.190. The van der Waals surface area contributed by atoms with Crippen molar-refractivity contribution in [3.63, 3.8) is 0 Å². The highest BCUT2D eigenvalue weighted by molar-refractivity contribution is 6.06. The van der Waals surface area contributed by atoms with Crippen LogP contribution in [0.3, 0.4) is 0 Å². The Hall–Kier alpha value is -1.42. The first-order valence-corrected chi connectivity index (χ1v) is 9.73. The number of rotatable bonds is 2. The molecule has 0 fully saturated rings. The van der Waals surface area contributed by atoms with E-state index in [0.29, 0.717) is 11.3 Å². The molecule has 27 heavy (non-hydrogen) atoms. The molecular weight excluding hydrogens is 336 g/mol. The molecule has 0 saturated carbocycles. The first kappa shape index (κ1) is 25.6. The average Bonchev–Trinajstić information content (AvgIpc) is 2.91. The van der Waals surface area contributed by atoms with Gasteiger partial charge >= 0.3 is 0 Å². The van der Waals surface area contributed by atoms with Gasteiger partial charge in [0.05, 0.1) is 6.54 Å². The molecule has 1 rings (SSSR count). The van der Waals surface area contributed by atoms with E-state index in [9.17, 15) is 4.79 Å².